The second kappa shape index (κ2) is 4.61. The Morgan fingerprint density at radius 2 is 2.08 bits per heavy atom. The lowest BCUT2D eigenvalue weighted by atomic mass is 9.75. The number of piperidine rings is 1. The lowest BCUT2D eigenvalue weighted by molar-refractivity contribution is -0.151. The van der Waals surface area contributed by atoms with Crippen molar-refractivity contribution in [1.29, 1.82) is 0 Å². The first-order chi connectivity index (χ1) is 6.21. The highest BCUT2D eigenvalue weighted by atomic mass is 16.4. The summed E-state index contributed by atoms with van der Waals surface area (Å²) in [5.41, 5.74) is -0.415. The van der Waals surface area contributed by atoms with E-state index in [2.05, 4.69) is 12.2 Å². The van der Waals surface area contributed by atoms with Gasteiger partial charge in [-0.3, -0.25) is 4.79 Å². The molecule has 0 bridgehead atoms. The number of carboxylic acids is 1. The van der Waals surface area contributed by atoms with Crippen LogP contribution in [0.25, 0.3) is 0 Å². The molecule has 0 radical (unpaired) electrons. The van der Waals surface area contributed by atoms with E-state index in [1.54, 1.807) is 0 Å². The molecule has 0 aromatic rings. The maximum atomic E-state index is 11.2. The first-order valence-electron chi connectivity index (χ1n) is 5.15. The summed E-state index contributed by atoms with van der Waals surface area (Å²) in [7, 11) is 0. The summed E-state index contributed by atoms with van der Waals surface area (Å²) in [4.78, 5) is 11.2. The molecule has 3 nitrogen and oxygen atoms in total. The third-order valence-corrected chi connectivity index (χ3v) is 3.02. The average Bonchev–Trinajstić information content (AvgIpc) is 2.16. The van der Waals surface area contributed by atoms with Gasteiger partial charge < -0.3 is 10.4 Å². The van der Waals surface area contributed by atoms with Gasteiger partial charge in [0.1, 0.15) is 0 Å². The Kier molecular flexibility index (Phi) is 3.72. The van der Waals surface area contributed by atoms with E-state index in [1.165, 1.54) is 0 Å². The van der Waals surface area contributed by atoms with Gasteiger partial charge in [-0.25, -0.2) is 0 Å². The van der Waals surface area contributed by atoms with Gasteiger partial charge in [0.2, 0.25) is 0 Å². The molecule has 0 saturated carbocycles. The van der Waals surface area contributed by atoms with Crippen molar-refractivity contribution < 1.29 is 9.90 Å². The van der Waals surface area contributed by atoms with Crippen molar-refractivity contribution >= 4 is 5.97 Å². The van der Waals surface area contributed by atoms with Crippen LogP contribution in [0, 0.1) is 5.41 Å². The molecule has 3 heteroatoms. The molecule has 0 amide bonds. The van der Waals surface area contributed by atoms with E-state index < -0.39 is 11.4 Å². The highest BCUT2D eigenvalue weighted by molar-refractivity contribution is 5.74. The minimum atomic E-state index is -0.595. The van der Waals surface area contributed by atoms with Gasteiger partial charge in [-0.2, -0.15) is 0 Å². The smallest absolute Gasteiger partial charge is 0.309 e. The summed E-state index contributed by atoms with van der Waals surface area (Å²) in [6.45, 7) is 3.82. The number of hydrogen-bond acceptors (Lipinski definition) is 2. The van der Waals surface area contributed by atoms with Crippen molar-refractivity contribution in [3.8, 4) is 0 Å². The zero-order valence-electron chi connectivity index (χ0n) is 8.31. The van der Waals surface area contributed by atoms with Crippen LogP contribution >= 0.6 is 0 Å². The third kappa shape index (κ3) is 2.44. The molecule has 0 aromatic heterocycles. The number of nitrogens with one attached hydrogen (secondary N) is 1. The quantitative estimate of drug-likeness (QED) is 0.700. The number of carbonyl (C=O) groups is 1. The van der Waals surface area contributed by atoms with Gasteiger partial charge in [0.25, 0.3) is 0 Å². The molecular formula is C10H19NO2. The summed E-state index contributed by atoms with van der Waals surface area (Å²) in [6.07, 6.45) is 4.56. The lowest BCUT2D eigenvalue weighted by Gasteiger charge is -2.33. The van der Waals surface area contributed by atoms with Crippen LogP contribution in [-0.4, -0.2) is 24.2 Å². The van der Waals surface area contributed by atoms with Crippen LogP contribution in [0.15, 0.2) is 0 Å². The standard InChI is InChI=1S/C10H19NO2/c1-2-3-4-10(9(12)13)5-7-11-8-6-10/h11H,2-8H2,1H3,(H,12,13). The molecule has 0 spiro atoms. The number of unbranched alkanes of at least 4 members (excludes halogenated alkanes) is 1. The van der Waals surface area contributed by atoms with Crippen molar-refractivity contribution in [2.75, 3.05) is 13.1 Å². The van der Waals surface area contributed by atoms with Crippen molar-refractivity contribution in [2.24, 2.45) is 5.41 Å². The number of aliphatic carboxylic acids is 1. The van der Waals surface area contributed by atoms with E-state index in [1.807, 2.05) is 0 Å². The molecule has 0 aromatic carbocycles. The third-order valence-electron chi connectivity index (χ3n) is 3.02. The van der Waals surface area contributed by atoms with Gasteiger partial charge >= 0.3 is 5.97 Å². The van der Waals surface area contributed by atoms with E-state index in [0.717, 1.165) is 45.2 Å². The topological polar surface area (TPSA) is 49.3 Å². The molecule has 0 aliphatic carbocycles. The van der Waals surface area contributed by atoms with Crippen LogP contribution in [0.3, 0.4) is 0 Å². The van der Waals surface area contributed by atoms with Gasteiger partial charge in [0.15, 0.2) is 0 Å². The van der Waals surface area contributed by atoms with Gasteiger partial charge in [-0.15, -0.1) is 0 Å². The Hall–Kier alpha value is -0.570. The first-order valence-corrected chi connectivity index (χ1v) is 5.15. The second-order valence-electron chi connectivity index (χ2n) is 3.94. The zero-order chi connectivity index (χ0) is 9.73. The molecule has 1 saturated heterocycles. The van der Waals surface area contributed by atoms with Crippen LogP contribution in [0.1, 0.15) is 39.0 Å². The van der Waals surface area contributed by atoms with Crippen molar-refractivity contribution in [3.63, 3.8) is 0 Å². The molecule has 1 rings (SSSR count). The molecule has 0 unspecified atom stereocenters. The predicted molar refractivity (Wildman–Crippen MR) is 51.7 cm³/mol. The molecule has 1 aliphatic heterocycles. The molecule has 1 heterocycles. The van der Waals surface area contributed by atoms with Gasteiger partial charge in [-0.05, 0) is 32.4 Å². The predicted octanol–water partition coefficient (Wildman–Crippen LogP) is 1.63. The van der Waals surface area contributed by atoms with E-state index in [9.17, 15) is 9.90 Å². The van der Waals surface area contributed by atoms with E-state index in [4.69, 9.17) is 0 Å². The maximum absolute atomic E-state index is 11.2. The normalized spacial score (nSPS) is 21.3. The Morgan fingerprint density at radius 3 is 2.54 bits per heavy atom. The number of rotatable bonds is 4. The van der Waals surface area contributed by atoms with Crippen LogP contribution < -0.4 is 5.32 Å². The summed E-state index contributed by atoms with van der Waals surface area (Å²) >= 11 is 0. The maximum Gasteiger partial charge on any atom is 0.309 e. The Labute approximate surface area is 79.5 Å². The highest BCUT2D eigenvalue weighted by Crippen LogP contribution is 2.34. The van der Waals surface area contributed by atoms with Crippen molar-refractivity contribution in [1.82, 2.24) is 5.32 Å². The van der Waals surface area contributed by atoms with Crippen LogP contribution in [0.5, 0.6) is 0 Å². The minimum Gasteiger partial charge on any atom is -0.481 e. The Morgan fingerprint density at radius 1 is 1.46 bits per heavy atom. The molecular weight excluding hydrogens is 166 g/mol. The molecule has 76 valence electrons. The van der Waals surface area contributed by atoms with Crippen LogP contribution in [0.4, 0.5) is 0 Å². The fourth-order valence-corrected chi connectivity index (χ4v) is 1.99. The molecule has 0 atom stereocenters. The van der Waals surface area contributed by atoms with E-state index in [0.29, 0.717) is 0 Å². The average molecular weight is 185 g/mol. The fraction of sp³-hybridized carbons (Fsp3) is 0.900. The minimum absolute atomic E-state index is 0.415. The Balaban J connectivity index is 2.56. The number of carboxylic acid groups (broad SMARTS) is 1. The summed E-state index contributed by atoms with van der Waals surface area (Å²) in [6, 6.07) is 0. The monoisotopic (exact) mass is 185 g/mol. The van der Waals surface area contributed by atoms with Crippen LogP contribution in [-0.2, 0) is 4.79 Å². The molecule has 1 aliphatic rings. The lowest BCUT2D eigenvalue weighted by Crippen LogP contribution is -2.42. The summed E-state index contributed by atoms with van der Waals surface area (Å²) in [5.74, 6) is -0.595. The summed E-state index contributed by atoms with van der Waals surface area (Å²) < 4.78 is 0. The largest absolute Gasteiger partial charge is 0.481 e. The van der Waals surface area contributed by atoms with E-state index in [-0.39, 0.29) is 0 Å². The van der Waals surface area contributed by atoms with Crippen molar-refractivity contribution in [2.45, 2.75) is 39.0 Å². The number of hydrogen-bond donors (Lipinski definition) is 2. The molecule has 2 N–H and O–H groups in total. The Bertz CT molecular complexity index is 174. The van der Waals surface area contributed by atoms with Crippen LogP contribution in [0.2, 0.25) is 0 Å². The van der Waals surface area contributed by atoms with Gasteiger partial charge in [0, 0.05) is 0 Å². The highest BCUT2D eigenvalue weighted by Gasteiger charge is 2.38. The zero-order valence-corrected chi connectivity index (χ0v) is 8.31. The van der Waals surface area contributed by atoms with Crippen molar-refractivity contribution in [3.05, 3.63) is 0 Å². The van der Waals surface area contributed by atoms with Gasteiger partial charge in [0.05, 0.1) is 5.41 Å². The first kappa shape index (κ1) is 10.5. The SMILES string of the molecule is CCCCC1(C(=O)O)CCNCC1. The summed E-state index contributed by atoms with van der Waals surface area (Å²) in [5, 5.41) is 12.4. The second-order valence-corrected chi connectivity index (χ2v) is 3.94. The molecule has 13 heavy (non-hydrogen) atoms. The van der Waals surface area contributed by atoms with E-state index >= 15 is 0 Å². The fourth-order valence-electron chi connectivity index (χ4n) is 1.99. The molecule has 1 fully saturated rings. The van der Waals surface area contributed by atoms with Gasteiger partial charge in [-0.1, -0.05) is 19.8 Å².